The Hall–Kier alpha value is -1.77. The predicted octanol–water partition coefficient (Wildman–Crippen LogP) is 2.67. The van der Waals surface area contributed by atoms with Crippen molar-refractivity contribution < 1.29 is 0 Å². The summed E-state index contributed by atoms with van der Waals surface area (Å²) in [5.74, 6) is 1.51. The van der Waals surface area contributed by atoms with Crippen molar-refractivity contribution in [2.75, 3.05) is 39.1 Å². The van der Waals surface area contributed by atoms with Crippen molar-refractivity contribution in [1.82, 2.24) is 20.0 Å². The van der Waals surface area contributed by atoms with Crippen molar-refractivity contribution in [2.45, 2.75) is 18.9 Å². The number of nitrogens with zero attached hydrogens (tertiary/aromatic N) is 5. The van der Waals surface area contributed by atoms with Gasteiger partial charge in [-0.1, -0.05) is 12.1 Å². The summed E-state index contributed by atoms with van der Waals surface area (Å²) in [5, 5.41) is 7.81. The fourth-order valence-electron chi connectivity index (χ4n) is 3.33. The zero-order valence-corrected chi connectivity index (χ0v) is 18.3. The second-order valence-corrected chi connectivity index (χ2v) is 6.84. The first kappa shape index (κ1) is 20.5. The second kappa shape index (κ2) is 9.25. The maximum atomic E-state index is 4.48. The van der Waals surface area contributed by atoms with Gasteiger partial charge in [0.1, 0.15) is 0 Å². The van der Waals surface area contributed by atoms with E-state index in [1.807, 2.05) is 25.0 Å². The lowest BCUT2D eigenvalue weighted by molar-refractivity contribution is 0.486. The quantitative estimate of drug-likeness (QED) is 0.426. The minimum atomic E-state index is 0. The highest BCUT2D eigenvalue weighted by atomic mass is 127. The molecule has 1 aromatic carbocycles. The average Bonchev–Trinajstić information content (AvgIpc) is 3.25. The first-order valence-corrected chi connectivity index (χ1v) is 8.77. The van der Waals surface area contributed by atoms with Crippen LogP contribution in [-0.2, 0) is 13.6 Å². The third-order valence-corrected chi connectivity index (χ3v) is 4.77. The van der Waals surface area contributed by atoms with Crippen LogP contribution in [0.5, 0.6) is 0 Å². The van der Waals surface area contributed by atoms with Gasteiger partial charge in [0.25, 0.3) is 0 Å². The maximum Gasteiger partial charge on any atom is 0.193 e. The van der Waals surface area contributed by atoms with E-state index >= 15 is 0 Å². The van der Waals surface area contributed by atoms with Crippen LogP contribution < -0.4 is 10.2 Å². The van der Waals surface area contributed by atoms with Crippen LogP contribution in [0.15, 0.2) is 41.7 Å². The van der Waals surface area contributed by atoms with Crippen LogP contribution in [0.2, 0.25) is 0 Å². The monoisotopic (exact) mass is 468 g/mol. The summed E-state index contributed by atoms with van der Waals surface area (Å²) < 4.78 is 1.88. The van der Waals surface area contributed by atoms with E-state index in [0.29, 0.717) is 5.92 Å². The SMILES string of the molecule is CN=C(NCc1cccc(N(C)C)c1)N1CCC(c2cnn(C)c2)C1.I. The predicted molar refractivity (Wildman–Crippen MR) is 119 cm³/mol. The van der Waals surface area contributed by atoms with Gasteiger partial charge in [-0.15, -0.1) is 24.0 Å². The van der Waals surface area contributed by atoms with Crippen LogP contribution in [-0.4, -0.2) is 54.9 Å². The van der Waals surface area contributed by atoms with Gasteiger partial charge >= 0.3 is 0 Å². The average molecular weight is 468 g/mol. The van der Waals surface area contributed by atoms with E-state index in [9.17, 15) is 0 Å². The van der Waals surface area contributed by atoms with E-state index in [0.717, 1.165) is 32.0 Å². The standard InChI is InChI=1S/C19H28N6.HI/c1-20-19(21-11-15-6-5-7-18(10-15)23(2)3)25-9-8-16(14-25)17-12-22-24(4)13-17;/h5-7,10,12-13,16H,8-9,11,14H2,1-4H3,(H,20,21);1H. The zero-order valence-electron chi connectivity index (χ0n) is 16.0. The van der Waals surface area contributed by atoms with E-state index in [4.69, 9.17) is 0 Å². The Morgan fingerprint density at radius 2 is 2.19 bits per heavy atom. The van der Waals surface area contributed by atoms with Crippen LogP contribution in [0.4, 0.5) is 5.69 Å². The third kappa shape index (κ3) is 4.90. The lowest BCUT2D eigenvalue weighted by atomic mass is 10.0. The molecule has 1 aliphatic heterocycles. The molecule has 0 aliphatic carbocycles. The number of halogens is 1. The molecular weight excluding hydrogens is 439 g/mol. The molecule has 1 fully saturated rings. The summed E-state index contributed by atoms with van der Waals surface area (Å²) in [7, 11) is 7.96. The van der Waals surface area contributed by atoms with Crippen LogP contribution in [0.1, 0.15) is 23.5 Å². The highest BCUT2D eigenvalue weighted by molar-refractivity contribution is 14.0. The maximum absolute atomic E-state index is 4.48. The van der Waals surface area contributed by atoms with Crippen molar-refractivity contribution in [3.05, 3.63) is 47.8 Å². The van der Waals surface area contributed by atoms with Gasteiger partial charge in [-0.05, 0) is 29.7 Å². The minimum absolute atomic E-state index is 0. The molecule has 1 saturated heterocycles. The van der Waals surface area contributed by atoms with E-state index < -0.39 is 0 Å². The normalized spacial score (nSPS) is 17.2. The lowest BCUT2D eigenvalue weighted by Gasteiger charge is -2.22. The molecule has 26 heavy (non-hydrogen) atoms. The summed E-state index contributed by atoms with van der Waals surface area (Å²) in [6.07, 6.45) is 5.25. The molecule has 1 aromatic heterocycles. The molecule has 7 heteroatoms. The van der Waals surface area contributed by atoms with E-state index in [1.54, 1.807) is 0 Å². The highest BCUT2D eigenvalue weighted by Gasteiger charge is 2.26. The van der Waals surface area contributed by atoms with Crippen molar-refractivity contribution in [1.29, 1.82) is 0 Å². The smallest absolute Gasteiger partial charge is 0.193 e. The number of rotatable bonds is 4. The van der Waals surface area contributed by atoms with Gasteiger partial charge in [0.05, 0.1) is 6.20 Å². The third-order valence-electron chi connectivity index (χ3n) is 4.77. The summed E-state index contributed by atoms with van der Waals surface area (Å²) in [6.45, 7) is 2.79. The van der Waals surface area contributed by atoms with Crippen molar-refractivity contribution in [3.8, 4) is 0 Å². The fraction of sp³-hybridized carbons (Fsp3) is 0.474. The Morgan fingerprint density at radius 3 is 2.85 bits per heavy atom. The molecule has 0 saturated carbocycles. The van der Waals surface area contributed by atoms with Gasteiger partial charge in [-0.25, -0.2) is 0 Å². The molecule has 6 nitrogen and oxygen atoms in total. The molecule has 1 aliphatic rings. The zero-order chi connectivity index (χ0) is 17.8. The molecule has 0 spiro atoms. The van der Waals surface area contributed by atoms with Crippen molar-refractivity contribution in [2.24, 2.45) is 12.0 Å². The highest BCUT2D eigenvalue weighted by Crippen LogP contribution is 2.26. The summed E-state index contributed by atoms with van der Waals surface area (Å²) in [4.78, 5) is 8.94. The summed E-state index contributed by atoms with van der Waals surface area (Å²) in [5.41, 5.74) is 3.79. The molecule has 142 valence electrons. The number of benzene rings is 1. The number of guanidine groups is 1. The molecule has 1 N–H and O–H groups in total. The van der Waals surface area contributed by atoms with Gasteiger partial charge in [0, 0.05) is 65.6 Å². The molecule has 3 rings (SSSR count). The topological polar surface area (TPSA) is 48.7 Å². The molecule has 2 aromatic rings. The summed E-state index contributed by atoms with van der Waals surface area (Å²) >= 11 is 0. The number of aryl methyl sites for hydroxylation is 1. The van der Waals surface area contributed by atoms with Crippen molar-refractivity contribution >= 4 is 35.6 Å². The number of hydrogen-bond donors (Lipinski definition) is 1. The van der Waals surface area contributed by atoms with Crippen LogP contribution in [0.3, 0.4) is 0 Å². The van der Waals surface area contributed by atoms with E-state index in [1.165, 1.54) is 16.8 Å². The first-order chi connectivity index (χ1) is 12.1. The Kier molecular flexibility index (Phi) is 7.31. The molecular formula is C19H29IN6. The number of likely N-dealkylation sites (tertiary alicyclic amines) is 1. The van der Waals surface area contributed by atoms with Crippen LogP contribution >= 0.6 is 24.0 Å². The van der Waals surface area contributed by atoms with Gasteiger partial charge in [-0.2, -0.15) is 5.10 Å². The number of hydrogen-bond acceptors (Lipinski definition) is 3. The fourth-order valence-corrected chi connectivity index (χ4v) is 3.33. The minimum Gasteiger partial charge on any atom is -0.378 e. The Labute approximate surface area is 173 Å². The molecule has 1 unspecified atom stereocenters. The molecule has 1 atom stereocenters. The number of nitrogens with one attached hydrogen (secondary N) is 1. The first-order valence-electron chi connectivity index (χ1n) is 8.77. The van der Waals surface area contributed by atoms with Crippen molar-refractivity contribution in [3.63, 3.8) is 0 Å². The number of anilines is 1. The Morgan fingerprint density at radius 1 is 1.38 bits per heavy atom. The van der Waals surface area contributed by atoms with Gasteiger partial charge in [0.15, 0.2) is 5.96 Å². The van der Waals surface area contributed by atoms with Gasteiger partial charge in [-0.3, -0.25) is 9.67 Å². The van der Waals surface area contributed by atoms with E-state index in [-0.39, 0.29) is 24.0 Å². The van der Waals surface area contributed by atoms with Gasteiger partial charge in [0.2, 0.25) is 0 Å². The largest absolute Gasteiger partial charge is 0.378 e. The number of aromatic nitrogens is 2. The van der Waals surface area contributed by atoms with Crippen LogP contribution in [0, 0.1) is 0 Å². The van der Waals surface area contributed by atoms with Gasteiger partial charge < -0.3 is 15.1 Å². The Bertz CT molecular complexity index is 739. The molecule has 0 bridgehead atoms. The molecule has 0 radical (unpaired) electrons. The molecule has 2 heterocycles. The Balaban J connectivity index is 0.00000243. The lowest BCUT2D eigenvalue weighted by Crippen LogP contribution is -2.39. The summed E-state index contributed by atoms with van der Waals surface area (Å²) in [6, 6.07) is 8.58. The van der Waals surface area contributed by atoms with E-state index in [2.05, 4.69) is 69.8 Å². The molecule has 0 amide bonds. The number of aliphatic imine (C=N–C) groups is 1. The second-order valence-electron chi connectivity index (χ2n) is 6.84. The van der Waals surface area contributed by atoms with Crippen LogP contribution in [0.25, 0.3) is 0 Å².